The molecule has 0 spiro atoms. The zero-order valence-electron chi connectivity index (χ0n) is 12.7. The van der Waals surface area contributed by atoms with Gasteiger partial charge in [0.25, 0.3) is 5.91 Å². The first-order valence-electron chi connectivity index (χ1n) is 7.50. The molecule has 0 saturated carbocycles. The van der Waals surface area contributed by atoms with Gasteiger partial charge in [0.15, 0.2) is 5.82 Å². The highest BCUT2D eigenvalue weighted by Gasteiger charge is 2.22. The van der Waals surface area contributed by atoms with Gasteiger partial charge in [-0.15, -0.1) is 22.0 Å². The maximum absolute atomic E-state index is 12.3. The van der Waals surface area contributed by atoms with E-state index in [1.54, 1.807) is 24.0 Å². The zero-order valence-corrected chi connectivity index (χ0v) is 13.6. The fraction of sp³-hybridized carbons (Fsp3) is 0.467. The number of carbonyl (C=O) groups is 1. The maximum Gasteiger partial charge on any atom is 0.253 e. The van der Waals surface area contributed by atoms with Crippen molar-refractivity contribution in [3.8, 4) is 0 Å². The van der Waals surface area contributed by atoms with Crippen LogP contribution in [0, 0.1) is 0 Å². The molecule has 6 nitrogen and oxygen atoms in total. The van der Waals surface area contributed by atoms with Gasteiger partial charge in [-0.3, -0.25) is 4.79 Å². The lowest BCUT2D eigenvalue weighted by Gasteiger charge is -2.14. The number of hydrogen-bond acceptors (Lipinski definition) is 5. The van der Waals surface area contributed by atoms with Crippen molar-refractivity contribution in [3.05, 3.63) is 35.5 Å². The quantitative estimate of drug-likeness (QED) is 0.856. The summed E-state index contributed by atoms with van der Waals surface area (Å²) in [6, 6.07) is 3.51. The van der Waals surface area contributed by atoms with Crippen LogP contribution >= 0.6 is 11.8 Å². The van der Waals surface area contributed by atoms with Crippen LogP contribution in [0.15, 0.2) is 23.4 Å². The number of hydrogen-bond donors (Lipinski definition) is 1. The number of fused-ring (bicyclic) bond motifs is 1. The van der Waals surface area contributed by atoms with Gasteiger partial charge in [-0.1, -0.05) is 6.92 Å². The number of rotatable bonds is 5. The number of carbonyl (C=O) groups excluding carboxylic acids is 1. The fourth-order valence-corrected chi connectivity index (χ4v) is 3.17. The minimum Gasteiger partial charge on any atom is -0.342 e. The summed E-state index contributed by atoms with van der Waals surface area (Å²) in [6.07, 6.45) is 3.68. The third-order valence-electron chi connectivity index (χ3n) is 3.66. The first-order valence-corrected chi connectivity index (χ1v) is 8.49. The summed E-state index contributed by atoms with van der Waals surface area (Å²) < 4.78 is 2.10. The predicted molar refractivity (Wildman–Crippen MR) is 84.9 cm³/mol. The Morgan fingerprint density at radius 1 is 1.45 bits per heavy atom. The summed E-state index contributed by atoms with van der Waals surface area (Å²) in [4.78, 5) is 16.6. The SMILES string of the molecule is CCSc1ccc(C(=O)N[C@H](C)c2nnc3n2CCC3)cn1. The predicted octanol–water partition coefficient (Wildman–Crippen LogP) is 2.22. The second-order valence-electron chi connectivity index (χ2n) is 5.24. The Balaban J connectivity index is 1.68. The van der Waals surface area contributed by atoms with Crippen LogP contribution in [0.2, 0.25) is 0 Å². The Hall–Kier alpha value is -1.89. The molecule has 0 fully saturated rings. The van der Waals surface area contributed by atoms with Crippen molar-refractivity contribution >= 4 is 17.7 Å². The Bertz CT molecular complexity index is 667. The van der Waals surface area contributed by atoms with Crippen LogP contribution in [0.4, 0.5) is 0 Å². The molecule has 1 aliphatic heterocycles. The number of amides is 1. The Kier molecular flexibility index (Phi) is 4.42. The lowest BCUT2D eigenvalue weighted by Crippen LogP contribution is -2.28. The van der Waals surface area contributed by atoms with Crippen molar-refractivity contribution < 1.29 is 4.79 Å². The molecule has 22 heavy (non-hydrogen) atoms. The van der Waals surface area contributed by atoms with Crippen molar-refractivity contribution in [1.82, 2.24) is 25.1 Å². The summed E-state index contributed by atoms with van der Waals surface area (Å²) in [5.74, 6) is 2.67. The van der Waals surface area contributed by atoms with Crippen LogP contribution in [0.25, 0.3) is 0 Å². The van der Waals surface area contributed by atoms with E-state index in [1.807, 2.05) is 13.0 Å². The van der Waals surface area contributed by atoms with Gasteiger partial charge in [0, 0.05) is 19.2 Å². The van der Waals surface area contributed by atoms with Gasteiger partial charge < -0.3 is 9.88 Å². The molecule has 1 amide bonds. The third kappa shape index (κ3) is 2.99. The van der Waals surface area contributed by atoms with Gasteiger partial charge in [0.2, 0.25) is 0 Å². The van der Waals surface area contributed by atoms with Gasteiger partial charge in [0.05, 0.1) is 16.6 Å². The van der Waals surface area contributed by atoms with Gasteiger partial charge in [0.1, 0.15) is 5.82 Å². The molecule has 2 aromatic rings. The van der Waals surface area contributed by atoms with Crippen LogP contribution in [-0.4, -0.2) is 31.4 Å². The van der Waals surface area contributed by atoms with E-state index >= 15 is 0 Å². The summed E-state index contributed by atoms with van der Waals surface area (Å²) >= 11 is 1.66. The molecule has 7 heteroatoms. The Morgan fingerprint density at radius 2 is 2.32 bits per heavy atom. The van der Waals surface area contributed by atoms with E-state index in [0.29, 0.717) is 5.56 Å². The number of pyridine rings is 1. The van der Waals surface area contributed by atoms with E-state index in [2.05, 4.69) is 32.0 Å². The van der Waals surface area contributed by atoms with Crippen LogP contribution in [0.5, 0.6) is 0 Å². The summed E-state index contributed by atoms with van der Waals surface area (Å²) in [7, 11) is 0. The Morgan fingerprint density at radius 3 is 3.05 bits per heavy atom. The van der Waals surface area contributed by atoms with Crippen LogP contribution < -0.4 is 5.32 Å². The summed E-state index contributed by atoms with van der Waals surface area (Å²) in [5, 5.41) is 12.3. The molecule has 2 aromatic heterocycles. The van der Waals surface area contributed by atoms with Crippen molar-refractivity contribution in [1.29, 1.82) is 0 Å². The Labute approximate surface area is 133 Å². The highest BCUT2D eigenvalue weighted by atomic mass is 32.2. The summed E-state index contributed by atoms with van der Waals surface area (Å²) in [6.45, 7) is 4.94. The number of aryl methyl sites for hydroxylation is 1. The lowest BCUT2D eigenvalue weighted by molar-refractivity contribution is 0.0937. The van der Waals surface area contributed by atoms with E-state index < -0.39 is 0 Å². The highest BCUT2D eigenvalue weighted by molar-refractivity contribution is 7.99. The molecular formula is C15H19N5OS. The maximum atomic E-state index is 12.3. The van der Waals surface area contributed by atoms with Crippen LogP contribution in [-0.2, 0) is 13.0 Å². The van der Waals surface area contributed by atoms with Crippen LogP contribution in [0.3, 0.4) is 0 Å². The number of thioether (sulfide) groups is 1. The first-order chi connectivity index (χ1) is 10.7. The van der Waals surface area contributed by atoms with Gasteiger partial charge >= 0.3 is 0 Å². The zero-order chi connectivity index (χ0) is 15.5. The van der Waals surface area contributed by atoms with Crippen molar-refractivity contribution in [3.63, 3.8) is 0 Å². The fourth-order valence-electron chi connectivity index (χ4n) is 2.59. The summed E-state index contributed by atoms with van der Waals surface area (Å²) in [5.41, 5.74) is 0.563. The van der Waals surface area contributed by atoms with Crippen molar-refractivity contribution in [2.75, 3.05) is 5.75 Å². The molecular weight excluding hydrogens is 298 g/mol. The number of nitrogens with one attached hydrogen (secondary N) is 1. The molecule has 0 aliphatic carbocycles. The monoisotopic (exact) mass is 317 g/mol. The molecule has 3 heterocycles. The minimum absolute atomic E-state index is 0.136. The third-order valence-corrected chi connectivity index (χ3v) is 4.49. The van der Waals surface area contributed by atoms with E-state index in [-0.39, 0.29) is 11.9 Å². The molecule has 0 radical (unpaired) electrons. The molecule has 0 unspecified atom stereocenters. The van der Waals surface area contributed by atoms with Crippen LogP contribution in [0.1, 0.15) is 48.3 Å². The van der Waals surface area contributed by atoms with E-state index in [4.69, 9.17) is 0 Å². The lowest BCUT2D eigenvalue weighted by atomic mass is 10.2. The normalized spacial score (nSPS) is 14.6. The van der Waals surface area contributed by atoms with E-state index in [9.17, 15) is 4.79 Å². The van der Waals surface area contributed by atoms with E-state index in [1.165, 1.54) is 0 Å². The average Bonchev–Trinajstić information content (AvgIpc) is 3.10. The second kappa shape index (κ2) is 6.48. The average molecular weight is 317 g/mol. The standard InChI is InChI=1S/C15H19N5OS/c1-3-22-13-7-6-11(9-16-13)15(21)17-10(2)14-19-18-12-5-4-8-20(12)14/h6-7,9-10H,3-5,8H2,1-2H3,(H,17,21)/t10-/m1/s1. The minimum atomic E-state index is -0.170. The van der Waals surface area contributed by atoms with E-state index in [0.717, 1.165) is 41.8 Å². The molecule has 1 aliphatic rings. The molecule has 0 saturated heterocycles. The number of aromatic nitrogens is 4. The first kappa shape index (κ1) is 15.0. The highest BCUT2D eigenvalue weighted by Crippen LogP contribution is 2.19. The molecule has 1 atom stereocenters. The molecule has 0 bridgehead atoms. The van der Waals surface area contributed by atoms with Crippen molar-refractivity contribution in [2.45, 2.75) is 44.3 Å². The second-order valence-corrected chi connectivity index (χ2v) is 6.53. The molecule has 1 N–H and O–H groups in total. The van der Waals surface area contributed by atoms with Gasteiger partial charge in [-0.2, -0.15) is 0 Å². The molecule has 0 aromatic carbocycles. The van der Waals surface area contributed by atoms with Gasteiger partial charge in [-0.25, -0.2) is 4.98 Å². The van der Waals surface area contributed by atoms with Gasteiger partial charge in [-0.05, 0) is 31.2 Å². The number of nitrogens with zero attached hydrogens (tertiary/aromatic N) is 4. The largest absolute Gasteiger partial charge is 0.342 e. The molecule has 116 valence electrons. The molecule has 3 rings (SSSR count). The van der Waals surface area contributed by atoms with Crippen molar-refractivity contribution in [2.24, 2.45) is 0 Å². The smallest absolute Gasteiger partial charge is 0.253 e. The topological polar surface area (TPSA) is 72.7 Å².